The van der Waals surface area contributed by atoms with Crippen LogP contribution in [0.15, 0.2) is 228 Å². The van der Waals surface area contributed by atoms with Crippen LogP contribution in [0.5, 0.6) is 0 Å². The molecule has 9 aromatic carbocycles. The van der Waals surface area contributed by atoms with Crippen LogP contribution in [0.1, 0.15) is 62.1 Å². The van der Waals surface area contributed by atoms with Crippen molar-refractivity contribution in [2.75, 3.05) is 22.3 Å². The minimum Gasteiger partial charge on any atom is -0.334 e. The van der Waals surface area contributed by atoms with Crippen LogP contribution in [0.2, 0.25) is 13.1 Å². The number of rotatable bonds is 4. The molecule has 0 N–H and O–H groups in total. The second-order valence-electron chi connectivity index (χ2n) is 23.7. The first-order valence-corrected chi connectivity index (χ1v) is 32.9. The molecule has 4 heteroatoms. The Morgan fingerprint density at radius 2 is 0.921 bits per heavy atom. The monoisotopic (exact) mass is 1010 g/mol. The fourth-order valence-electron chi connectivity index (χ4n) is 15.7. The van der Waals surface area contributed by atoms with E-state index in [4.69, 9.17) is 0 Å². The highest BCUT2D eigenvalue weighted by molar-refractivity contribution is 8.33. The third-order valence-electron chi connectivity index (χ3n) is 19.3. The van der Waals surface area contributed by atoms with E-state index in [0.29, 0.717) is 0 Å². The molecule has 2 heterocycles. The van der Waals surface area contributed by atoms with Crippen molar-refractivity contribution in [1.29, 1.82) is 0 Å². The van der Waals surface area contributed by atoms with Crippen LogP contribution in [0, 0.1) is 0 Å². The third kappa shape index (κ3) is 6.11. The van der Waals surface area contributed by atoms with Crippen LogP contribution < -0.4 is 20.2 Å². The van der Waals surface area contributed by atoms with Crippen molar-refractivity contribution in [1.82, 2.24) is 0 Å². The average molecular weight is 1010 g/mol. The molecule has 0 radical (unpaired) electrons. The zero-order valence-corrected chi connectivity index (χ0v) is 45.6. The molecule has 2 aliphatic heterocycles. The summed E-state index contributed by atoms with van der Waals surface area (Å²) in [5.41, 5.74) is 26.5. The van der Waals surface area contributed by atoms with Crippen LogP contribution in [0.25, 0.3) is 28.9 Å². The number of allylic oxidation sites excluding steroid dienone is 2. The van der Waals surface area contributed by atoms with E-state index in [1.54, 1.807) is 5.57 Å². The van der Waals surface area contributed by atoms with Crippen LogP contribution in [0.3, 0.4) is 0 Å². The molecule has 0 bridgehead atoms. The lowest BCUT2D eigenvalue weighted by atomic mass is 9.71. The lowest BCUT2D eigenvalue weighted by Crippen LogP contribution is -2.60. The molecule has 76 heavy (non-hydrogen) atoms. The highest BCUT2D eigenvalue weighted by Crippen LogP contribution is 2.68. The van der Waals surface area contributed by atoms with Crippen molar-refractivity contribution >= 4 is 74.6 Å². The van der Waals surface area contributed by atoms with Gasteiger partial charge in [-0.1, -0.05) is 189 Å². The lowest BCUT2D eigenvalue weighted by Gasteiger charge is -2.45. The molecule has 0 saturated heterocycles. The summed E-state index contributed by atoms with van der Waals surface area (Å²) in [5, 5.41) is 3.08. The Balaban J connectivity index is 0.764. The smallest absolute Gasteiger partial charge is 0.117 e. The highest BCUT2D eigenvalue weighted by Gasteiger charge is 2.51. The standard InChI is InChI=1S/C72H60N2SSi/c1-75(2)67-25-13-9-21-63(67)73(64-22-10-14-26-68(64)75)53-33-37-57-55-35-31-47(39-59(55)71(61(57)41-53)43-49-17-5-6-18-50(49)44-71)29-30-48-32-36-56-58-38-34-54(42-62(58)72(60(56)40-48)45-51-19-7-8-20-52(51)46-72)74-65-23-11-15-27-69(65)76(3,4)70-28-16-12-24-66(70)74/h5-41,54H,42-46H2,1-4H3. The van der Waals surface area contributed by atoms with Gasteiger partial charge in [-0.05, 0) is 181 Å². The minimum atomic E-state index is -1.89. The molecule has 0 amide bonds. The normalized spacial score (nSPS) is 19.8. The van der Waals surface area contributed by atoms with Gasteiger partial charge in [-0.25, -0.2) is 0 Å². The maximum Gasteiger partial charge on any atom is 0.117 e. The number of para-hydroxylation sites is 4. The molecule has 1 unspecified atom stereocenters. The molecule has 7 aliphatic rings. The lowest BCUT2D eigenvalue weighted by molar-refractivity contribution is 0.514. The zero-order valence-electron chi connectivity index (χ0n) is 43.8. The van der Waals surface area contributed by atoms with Gasteiger partial charge in [0.2, 0.25) is 0 Å². The van der Waals surface area contributed by atoms with E-state index in [9.17, 15) is 0 Å². The van der Waals surface area contributed by atoms with Gasteiger partial charge >= 0.3 is 0 Å². The molecule has 9 aromatic rings. The summed E-state index contributed by atoms with van der Waals surface area (Å²) < 4.78 is 0. The molecule has 0 saturated carbocycles. The van der Waals surface area contributed by atoms with E-state index < -0.39 is 18.1 Å². The number of hydrogen-bond donors (Lipinski definition) is 0. The Bertz CT molecular complexity index is 3940. The second-order valence-corrected chi connectivity index (χ2v) is 31.6. The first-order chi connectivity index (χ1) is 37.1. The summed E-state index contributed by atoms with van der Waals surface area (Å²) in [5.74, 6) is 0. The van der Waals surface area contributed by atoms with Gasteiger partial charge in [-0.3, -0.25) is 0 Å². The van der Waals surface area contributed by atoms with Gasteiger partial charge < -0.3 is 9.80 Å². The van der Waals surface area contributed by atoms with Crippen LogP contribution >= 0.6 is 10.0 Å². The Morgan fingerprint density at radius 1 is 0.474 bits per heavy atom. The van der Waals surface area contributed by atoms with E-state index in [2.05, 4.69) is 260 Å². The van der Waals surface area contributed by atoms with Crippen molar-refractivity contribution in [3.8, 4) is 11.1 Å². The summed E-state index contributed by atoms with van der Waals surface area (Å²) in [6.45, 7) is 5.06. The van der Waals surface area contributed by atoms with E-state index >= 15 is 0 Å². The summed E-state index contributed by atoms with van der Waals surface area (Å²) in [6, 6.07) is 77.7. The fourth-order valence-corrected chi connectivity index (χ4v) is 21.2. The van der Waals surface area contributed by atoms with Gasteiger partial charge in [-0.2, -0.15) is 10.0 Å². The molecule has 5 aliphatic carbocycles. The molecule has 2 spiro atoms. The molecule has 2 nitrogen and oxygen atoms in total. The number of nitrogens with zero attached hydrogens (tertiary/aromatic N) is 2. The molecule has 0 fully saturated rings. The van der Waals surface area contributed by atoms with E-state index in [0.717, 1.165) is 32.1 Å². The second kappa shape index (κ2) is 16.0. The van der Waals surface area contributed by atoms with Crippen molar-refractivity contribution in [2.24, 2.45) is 0 Å². The summed E-state index contributed by atoms with van der Waals surface area (Å²) >= 11 is 0. The number of benzene rings is 9. The van der Waals surface area contributed by atoms with Crippen LogP contribution in [0.4, 0.5) is 28.4 Å². The van der Waals surface area contributed by atoms with Gasteiger partial charge in [-0.15, -0.1) is 0 Å². The van der Waals surface area contributed by atoms with E-state index in [1.165, 1.54) is 121 Å². The van der Waals surface area contributed by atoms with Gasteiger partial charge in [0.15, 0.2) is 0 Å². The molecule has 16 rings (SSSR count). The molecule has 368 valence electrons. The predicted octanol–water partition coefficient (Wildman–Crippen LogP) is 16.3. The fraction of sp³-hybridized carbons (Fsp3) is 0.167. The number of anilines is 5. The van der Waals surface area contributed by atoms with Crippen molar-refractivity contribution in [2.45, 2.75) is 71.9 Å². The Labute approximate surface area is 450 Å². The summed E-state index contributed by atoms with van der Waals surface area (Å²) in [4.78, 5) is 8.14. The van der Waals surface area contributed by atoms with Crippen molar-refractivity contribution in [3.05, 3.63) is 274 Å². The summed E-state index contributed by atoms with van der Waals surface area (Å²) in [7, 11) is -3.08. The average Bonchev–Trinajstić information content (AvgIpc) is 4.20. The van der Waals surface area contributed by atoms with E-state index in [1.807, 2.05) is 0 Å². The van der Waals surface area contributed by atoms with Gasteiger partial charge in [0, 0.05) is 37.7 Å². The van der Waals surface area contributed by atoms with Crippen LogP contribution in [-0.4, -0.2) is 26.6 Å². The van der Waals surface area contributed by atoms with Gasteiger partial charge in [0.25, 0.3) is 0 Å². The topological polar surface area (TPSA) is 6.48 Å². The van der Waals surface area contributed by atoms with Crippen molar-refractivity contribution in [3.63, 3.8) is 0 Å². The number of fused-ring (bicyclic) bond motifs is 15. The molecular formula is C72H60N2SSi. The zero-order chi connectivity index (χ0) is 50.7. The molecular weight excluding hydrogens is 953 g/mol. The Hall–Kier alpha value is -7.63. The molecule has 0 aromatic heterocycles. The Morgan fingerprint density at radius 3 is 1.49 bits per heavy atom. The highest BCUT2D eigenvalue weighted by atomic mass is 32.3. The maximum atomic E-state index is 2.70. The Kier molecular flexibility index (Phi) is 9.37. The maximum absolute atomic E-state index is 2.70. The predicted molar refractivity (Wildman–Crippen MR) is 324 cm³/mol. The third-order valence-corrected chi connectivity index (χ3v) is 25.7. The first kappa shape index (κ1) is 44.6. The first-order valence-electron chi connectivity index (χ1n) is 27.5. The van der Waals surface area contributed by atoms with E-state index in [-0.39, 0.29) is 16.9 Å². The molecule has 1 atom stereocenters. The summed E-state index contributed by atoms with van der Waals surface area (Å²) in [6.07, 6.45) is 19.8. The quantitative estimate of drug-likeness (QED) is 0.128. The van der Waals surface area contributed by atoms with Crippen LogP contribution in [-0.2, 0) is 36.5 Å². The minimum absolute atomic E-state index is 0.0815. The van der Waals surface area contributed by atoms with Gasteiger partial charge in [0.1, 0.15) is 8.07 Å². The number of hydrogen-bond acceptors (Lipinski definition) is 2. The van der Waals surface area contributed by atoms with Gasteiger partial charge in [0.05, 0.1) is 17.4 Å². The largest absolute Gasteiger partial charge is 0.334 e. The van der Waals surface area contributed by atoms with Crippen molar-refractivity contribution < 1.29 is 0 Å². The SMILES string of the molecule is C[Si]1(C)c2ccccc2N(C2C=CC3=C(C2)C2(Cc4ccccc4C2)c2cc(C=Cc4ccc5c(c4)C4(Cc6ccccc6C4)c4cc(N6c7ccccc7S(C)(C)c7ccccc76)ccc4-5)ccc23)c2ccccc21.